The molecule has 0 N–H and O–H groups in total. The quantitative estimate of drug-likeness (QED) is 0.0951. The second kappa shape index (κ2) is 26.3. The second-order valence-corrected chi connectivity index (χ2v) is 30.8. The Morgan fingerprint density at radius 2 is 0.780 bits per heavy atom. The molecule has 20 rings (SSSR count). The molecule has 0 saturated heterocycles. The van der Waals surface area contributed by atoms with Gasteiger partial charge < -0.3 is 9.80 Å². The monoisotopic (exact) mass is 1390 g/mol. The van der Waals surface area contributed by atoms with Crippen molar-refractivity contribution in [1.82, 2.24) is 0 Å². The van der Waals surface area contributed by atoms with E-state index >= 15 is 0 Å². The van der Waals surface area contributed by atoms with E-state index in [9.17, 15) is 0 Å². The third-order valence-electron chi connectivity index (χ3n) is 25.1. The van der Waals surface area contributed by atoms with Crippen LogP contribution in [0, 0.1) is 19.8 Å². The fraction of sp³-hybridized carbons (Fsp3) is 0.103. The highest BCUT2D eigenvalue weighted by Gasteiger charge is 2.58. The number of rotatable bonds is 16. The molecular formula is C107H82N2. The topological polar surface area (TPSA) is 6.48 Å². The molecule has 0 radical (unpaired) electrons. The number of hydrogen-bond acceptors (Lipinski definition) is 2. The zero-order valence-electron chi connectivity index (χ0n) is 61.6. The molecule has 2 nitrogen and oxygen atoms in total. The first-order chi connectivity index (χ1) is 53.7. The Labute approximate surface area is 641 Å². The summed E-state index contributed by atoms with van der Waals surface area (Å²) in [6, 6.07) is 126. The van der Waals surface area contributed by atoms with E-state index in [1.165, 1.54) is 134 Å². The molecule has 14 aromatic rings. The van der Waals surface area contributed by atoms with Crippen molar-refractivity contribution >= 4 is 51.8 Å². The fourth-order valence-electron chi connectivity index (χ4n) is 20.0. The minimum Gasteiger partial charge on any atom is -0.310 e. The first kappa shape index (κ1) is 65.6. The van der Waals surface area contributed by atoms with Gasteiger partial charge in [-0.2, -0.15) is 0 Å². The fourth-order valence-corrected chi connectivity index (χ4v) is 20.0. The van der Waals surface area contributed by atoms with Crippen LogP contribution in [0.15, 0.2) is 383 Å². The summed E-state index contributed by atoms with van der Waals surface area (Å²) < 4.78 is 0. The largest absolute Gasteiger partial charge is 0.310 e. The molecule has 0 aliphatic heterocycles. The first-order valence-corrected chi connectivity index (χ1v) is 38.7. The van der Waals surface area contributed by atoms with Gasteiger partial charge in [-0.05, 0) is 246 Å². The minimum atomic E-state index is -0.610. The number of allylic oxidation sites excluding steroid dienone is 8. The average Bonchev–Trinajstić information content (AvgIpc) is 1.51. The van der Waals surface area contributed by atoms with E-state index in [-0.39, 0.29) is 11.8 Å². The molecule has 14 aromatic carbocycles. The Morgan fingerprint density at radius 1 is 0.358 bits per heavy atom. The van der Waals surface area contributed by atoms with E-state index in [2.05, 4.69) is 401 Å². The number of fused-ring (bicyclic) bond motifs is 15. The molecule has 109 heavy (non-hydrogen) atoms. The lowest BCUT2D eigenvalue weighted by Gasteiger charge is -2.38. The molecule has 0 amide bonds. The van der Waals surface area contributed by atoms with Gasteiger partial charge in [-0.25, -0.2) is 0 Å². The third kappa shape index (κ3) is 10.4. The normalized spacial score (nSPS) is 19.0. The standard InChI is InChI=1S/C107H82N2/c1-5-73-37-41-75(42-38-73)69-105(81-49-33-71(3)34-50-81)97-29-17-13-25-89(97)93-61-57-85(65-101(93)105)108(83-53-45-79(46-54-83)77-21-9-7-10-22-77)87-59-63-95-91-27-15-19-31-99(91)107(103(95)67-87)100-32-20-16-28-92(100)96-64-60-88(68-104(96)107)109(84-55-47-80(48-56-84)78-23-11-8-12-24-78)86-58-62-94-90-26-14-18-30-98(90)106(102(94)66-86,82-51-35-72(4)36-52-82)70-76-43-39-74(6-2)40-44-76/h5-17,19-29,31-68,91,99H,1-2,18,30,69-70H2,3-4H3. The summed E-state index contributed by atoms with van der Waals surface area (Å²) in [7, 11) is 0. The zero-order chi connectivity index (χ0) is 73.0. The number of hydrogen-bond donors (Lipinski definition) is 0. The molecule has 520 valence electrons. The highest BCUT2D eigenvalue weighted by atomic mass is 15.1. The molecule has 1 spiro atoms. The van der Waals surface area contributed by atoms with Crippen molar-refractivity contribution in [2.24, 2.45) is 5.92 Å². The molecule has 0 heterocycles. The van der Waals surface area contributed by atoms with Crippen LogP contribution in [0.25, 0.3) is 62.2 Å². The van der Waals surface area contributed by atoms with Crippen LogP contribution in [0.1, 0.15) is 108 Å². The molecule has 5 atom stereocenters. The summed E-state index contributed by atoms with van der Waals surface area (Å²) in [4.78, 5) is 5.12. The van der Waals surface area contributed by atoms with Gasteiger partial charge in [0, 0.05) is 51.4 Å². The van der Waals surface area contributed by atoms with Gasteiger partial charge in [0.15, 0.2) is 0 Å². The molecule has 6 aliphatic carbocycles. The van der Waals surface area contributed by atoms with Crippen LogP contribution < -0.4 is 9.80 Å². The van der Waals surface area contributed by atoms with E-state index in [4.69, 9.17) is 0 Å². The molecular weight excluding hydrogens is 1310 g/mol. The molecule has 0 fully saturated rings. The van der Waals surface area contributed by atoms with Crippen LogP contribution in [0.4, 0.5) is 34.1 Å². The van der Waals surface area contributed by atoms with Gasteiger partial charge >= 0.3 is 0 Å². The Balaban J connectivity index is 0.796. The summed E-state index contributed by atoms with van der Waals surface area (Å²) in [5.74, 6) is 0.172. The van der Waals surface area contributed by atoms with Gasteiger partial charge in [0.2, 0.25) is 0 Å². The number of benzene rings is 14. The van der Waals surface area contributed by atoms with E-state index in [1.54, 1.807) is 0 Å². The maximum atomic E-state index is 4.14. The van der Waals surface area contributed by atoms with Crippen LogP contribution >= 0.6 is 0 Å². The lowest BCUT2D eigenvalue weighted by molar-refractivity contribution is 0.465. The van der Waals surface area contributed by atoms with Crippen LogP contribution in [-0.2, 0) is 29.1 Å². The second-order valence-electron chi connectivity index (χ2n) is 30.8. The lowest BCUT2D eigenvalue weighted by atomic mass is 9.65. The predicted molar refractivity (Wildman–Crippen MR) is 457 cm³/mol. The van der Waals surface area contributed by atoms with Gasteiger partial charge in [0.25, 0.3) is 0 Å². The van der Waals surface area contributed by atoms with E-state index < -0.39 is 16.2 Å². The number of nitrogens with zero attached hydrogens (tertiary/aromatic N) is 2. The summed E-state index contributed by atoms with van der Waals surface area (Å²) in [5.41, 5.74) is 38.3. The smallest absolute Gasteiger partial charge is 0.0539 e. The maximum Gasteiger partial charge on any atom is 0.0539 e. The Hall–Kier alpha value is -12.9. The van der Waals surface area contributed by atoms with Crippen LogP contribution in [0.3, 0.4) is 0 Å². The van der Waals surface area contributed by atoms with Gasteiger partial charge in [0.1, 0.15) is 0 Å². The number of anilines is 6. The molecule has 0 bridgehead atoms. The van der Waals surface area contributed by atoms with Crippen molar-refractivity contribution in [2.45, 2.75) is 61.7 Å². The first-order valence-electron chi connectivity index (χ1n) is 38.7. The Morgan fingerprint density at radius 3 is 1.34 bits per heavy atom. The van der Waals surface area contributed by atoms with Crippen molar-refractivity contribution in [1.29, 1.82) is 0 Å². The van der Waals surface area contributed by atoms with Crippen LogP contribution in [-0.4, -0.2) is 0 Å². The summed E-state index contributed by atoms with van der Waals surface area (Å²) in [5, 5.41) is 0. The summed E-state index contributed by atoms with van der Waals surface area (Å²) >= 11 is 0. The van der Waals surface area contributed by atoms with Gasteiger partial charge in [-0.1, -0.05) is 328 Å². The van der Waals surface area contributed by atoms with Crippen molar-refractivity contribution in [3.63, 3.8) is 0 Å². The van der Waals surface area contributed by atoms with E-state index in [0.29, 0.717) is 0 Å². The highest BCUT2D eigenvalue weighted by molar-refractivity contribution is 5.95. The van der Waals surface area contributed by atoms with Crippen LogP contribution in [0.2, 0.25) is 0 Å². The highest BCUT2D eigenvalue weighted by Crippen LogP contribution is 2.67. The predicted octanol–water partition coefficient (Wildman–Crippen LogP) is 27.2. The third-order valence-corrected chi connectivity index (χ3v) is 25.1. The summed E-state index contributed by atoms with van der Waals surface area (Å²) in [6.45, 7) is 12.7. The van der Waals surface area contributed by atoms with Gasteiger partial charge in [-0.3, -0.25) is 0 Å². The Bertz CT molecular complexity index is 6070. The lowest BCUT2D eigenvalue weighted by Crippen LogP contribution is -2.33. The molecule has 5 unspecified atom stereocenters. The van der Waals surface area contributed by atoms with Crippen molar-refractivity contribution in [3.05, 3.63) is 472 Å². The number of aryl methyl sites for hydroxylation is 2. The van der Waals surface area contributed by atoms with Gasteiger partial charge in [0.05, 0.1) is 10.8 Å². The minimum absolute atomic E-state index is 0.0629. The van der Waals surface area contributed by atoms with Crippen molar-refractivity contribution < 1.29 is 0 Å². The molecule has 6 aliphatic rings. The Kier molecular flexibility index (Phi) is 15.8. The molecule has 0 saturated carbocycles. The van der Waals surface area contributed by atoms with Crippen molar-refractivity contribution in [2.75, 3.05) is 9.80 Å². The average molecular weight is 1400 g/mol. The molecule has 2 heteroatoms. The maximum absolute atomic E-state index is 4.14. The van der Waals surface area contributed by atoms with E-state index in [1.807, 2.05) is 12.2 Å². The van der Waals surface area contributed by atoms with E-state index in [0.717, 1.165) is 70.9 Å². The molecule has 0 aromatic heterocycles. The SMILES string of the molecule is C=Cc1ccc(CC2(c3ccc(C)cc3)C3=C(C=CCC3)c3ccc(N(c4ccc(-c5ccccc5)cc4)c4ccc5c(c4)C4(c6ccccc6-5)c5cc(N(c6ccc(-c7ccccc7)cc6)c6ccc7c(c6)C(Cc6ccc(C=C)cc6)(c6ccc(C)cc6)c6ccccc6-7)ccc5C5C=CC=CC54)cc32)cc1. The van der Waals surface area contributed by atoms with Gasteiger partial charge in [-0.15, -0.1) is 0 Å². The zero-order valence-corrected chi connectivity index (χ0v) is 61.6. The van der Waals surface area contributed by atoms with Crippen LogP contribution in [0.5, 0.6) is 0 Å². The summed E-state index contributed by atoms with van der Waals surface area (Å²) in [6.07, 6.45) is 21.9. The van der Waals surface area contributed by atoms with Crippen molar-refractivity contribution in [3.8, 4) is 44.5 Å².